The van der Waals surface area contributed by atoms with Crippen molar-refractivity contribution < 1.29 is 8.42 Å². The molecule has 0 unspecified atom stereocenters. The third kappa shape index (κ3) is 10.6. The van der Waals surface area contributed by atoms with Crippen molar-refractivity contribution in [3.8, 4) is 0 Å². The van der Waals surface area contributed by atoms with Crippen LogP contribution in [-0.4, -0.2) is 64.8 Å². The Morgan fingerprint density at radius 1 is 0.500 bits per heavy atom. The number of anilines is 5. The highest BCUT2D eigenvalue weighted by atomic mass is 32.2. The van der Waals surface area contributed by atoms with Crippen LogP contribution in [0.5, 0.6) is 0 Å². The summed E-state index contributed by atoms with van der Waals surface area (Å²) in [5.41, 5.74) is 19.7. The minimum Gasteiger partial charge on any atom is -0.397 e. The van der Waals surface area contributed by atoms with Gasteiger partial charge in [-0.1, -0.05) is 66.7 Å². The molecule has 0 amide bonds. The smallest absolute Gasteiger partial charge is 0.240 e. The predicted octanol–water partition coefficient (Wildman–Crippen LogP) is 8.44. The second-order valence-electron chi connectivity index (χ2n) is 14.2. The maximum atomic E-state index is 11.0. The van der Waals surface area contributed by atoms with Gasteiger partial charge in [-0.2, -0.15) is 0 Å². The fraction of sp³-hybridized carbons (Fsp3) is 0.244. The number of hydrogen-bond acceptors (Lipinski definition) is 7. The Hall–Kier alpha value is -5.51. The van der Waals surface area contributed by atoms with Crippen molar-refractivity contribution >= 4 is 49.6 Å². The number of nitrogens with zero attached hydrogens (tertiary/aromatic N) is 4. The van der Waals surface area contributed by atoms with E-state index in [9.17, 15) is 8.42 Å². The second kappa shape index (κ2) is 18.0. The van der Waals surface area contributed by atoms with Crippen molar-refractivity contribution in [3.05, 3.63) is 155 Å². The van der Waals surface area contributed by atoms with Gasteiger partial charge in [-0.05, 0) is 119 Å². The van der Waals surface area contributed by atoms with Gasteiger partial charge in [0.15, 0.2) is 0 Å². The van der Waals surface area contributed by atoms with Crippen molar-refractivity contribution in [2.45, 2.75) is 25.2 Å². The third-order valence-electron chi connectivity index (χ3n) is 9.47. The van der Waals surface area contributed by atoms with Crippen molar-refractivity contribution in [2.75, 3.05) is 81.7 Å². The van der Waals surface area contributed by atoms with E-state index in [1.807, 2.05) is 6.92 Å². The number of primary sulfonamides is 1. The molecule has 0 saturated carbocycles. The van der Waals surface area contributed by atoms with E-state index in [2.05, 4.69) is 185 Å². The summed E-state index contributed by atoms with van der Waals surface area (Å²) in [5, 5.41) is 4.97. The zero-order valence-corrected chi connectivity index (χ0v) is 34.2. The molecule has 0 fully saturated rings. The van der Waals surface area contributed by atoms with Gasteiger partial charge in [0.1, 0.15) is 4.90 Å². The molecular formula is C45H56N6O2S. The van der Waals surface area contributed by atoms with E-state index < -0.39 is 10.0 Å². The van der Waals surface area contributed by atoms with Gasteiger partial charge in [0.25, 0.3) is 0 Å². The van der Waals surface area contributed by atoms with Gasteiger partial charge in [-0.25, -0.2) is 13.6 Å². The first-order valence-electron chi connectivity index (χ1n) is 17.9. The highest BCUT2D eigenvalue weighted by Crippen LogP contribution is 2.31. The van der Waals surface area contributed by atoms with E-state index in [-0.39, 0.29) is 10.6 Å². The summed E-state index contributed by atoms with van der Waals surface area (Å²) < 4.78 is 22.0. The van der Waals surface area contributed by atoms with Crippen LogP contribution in [0.1, 0.15) is 39.8 Å². The van der Waals surface area contributed by atoms with E-state index in [0.717, 1.165) is 17.5 Å². The molecule has 0 aliphatic heterocycles. The van der Waals surface area contributed by atoms with Gasteiger partial charge in [-0.3, -0.25) is 0 Å². The Balaban J connectivity index is 0.000000422. The molecule has 0 bridgehead atoms. The number of nitrogens with two attached hydrogens (primary N) is 2. The minimum atomic E-state index is -3.70. The number of aryl methyl sites for hydroxylation is 1. The molecule has 0 radical (unpaired) electrons. The van der Waals surface area contributed by atoms with E-state index in [4.69, 9.17) is 10.9 Å². The van der Waals surface area contributed by atoms with Crippen LogP contribution in [0, 0.1) is 13.8 Å². The second-order valence-corrected chi connectivity index (χ2v) is 15.7. The largest absolute Gasteiger partial charge is 0.397 e. The lowest BCUT2D eigenvalue weighted by Crippen LogP contribution is -2.15. The molecule has 4 N–H and O–H groups in total. The molecule has 284 valence electrons. The highest BCUT2D eigenvalue weighted by Gasteiger charge is 2.14. The summed E-state index contributed by atoms with van der Waals surface area (Å²) in [7, 11) is 12.9. The van der Waals surface area contributed by atoms with E-state index >= 15 is 0 Å². The minimum absolute atomic E-state index is 0.00407. The first-order chi connectivity index (χ1) is 25.5. The topological polar surface area (TPSA) is 99.1 Å². The molecule has 0 atom stereocenters. The standard InChI is InChI=1S/C37H44N4.C8H12N2O2S/c1-38(2)32-20-12-28(13-21-32)36(29-14-22-33(23-15-29)39(3)4)10-9-11-37(30-16-24-34(25-17-30)40(5)6)31-18-26-35(27-19-31)41(7)8;1-5-3-4-7(13(10,11)12)8(9)6(5)2/h10-27H,9H2,1-8H3;3-4H,9H2,1-2H3,(H2,10,11,12). The quantitative estimate of drug-likeness (QED) is 0.131. The fourth-order valence-corrected chi connectivity index (χ4v) is 6.63. The zero-order chi connectivity index (χ0) is 39.7. The fourth-order valence-electron chi connectivity index (χ4n) is 5.92. The van der Waals surface area contributed by atoms with Crippen LogP contribution in [0.15, 0.2) is 126 Å². The van der Waals surface area contributed by atoms with Crippen molar-refractivity contribution in [2.24, 2.45) is 5.14 Å². The van der Waals surface area contributed by atoms with E-state index in [1.165, 1.54) is 62.2 Å². The lowest BCUT2D eigenvalue weighted by Gasteiger charge is -2.17. The average Bonchev–Trinajstić information content (AvgIpc) is 3.14. The van der Waals surface area contributed by atoms with Gasteiger partial charge in [0, 0.05) is 79.1 Å². The number of nitrogen functional groups attached to an aromatic ring is 1. The Labute approximate surface area is 323 Å². The molecule has 0 heterocycles. The molecule has 8 nitrogen and oxygen atoms in total. The van der Waals surface area contributed by atoms with E-state index in [1.54, 1.807) is 13.0 Å². The Bertz CT molecular complexity index is 1950. The molecule has 9 heteroatoms. The van der Waals surface area contributed by atoms with Gasteiger partial charge in [0.05, 0.1) is 5.69 Å². The SMILES string of the molecule is CN(C)c1ccc(C(=CCC=C(c2ccc(N(C)C)cc2)c2ccc(N(C)C)cc2)c2ccc(N(C)C)cc2)cc1.Cc1ccc(S(N)(=O)=O)c(N)c1C. The molecule has 5 rings (SSSR count). The van der Waals surface area contributed by atoms with Crippen molar-refractivity contribution in [3.63, 3.8) is 0 Å². The summed E-state index contributed by atoms with van der Waals surface area (Å²) in [6.07, 6.45) is 5.52. The predicted molar refractivity (Wildman–Crippen MR) is 234 cm³/mol. The highest BCUT2D eigenvalue weighted by molar-refractivity contribution is 7.89. The van der Waals surface area contributed by atoms with Gasteiger partial charge >= 0.3 is 0 Å². The zero-order valence-electron chi connectivity index (χ0n) is 33.4. The van der Waals surface area contributed by atoms with Crippen LogP contribution in [0.25, 0.3) is 11.1 Å². The van der Waals surface area contributed by atoms with E-state index in [0.29, 0.717) is 0 Å². The molecule has 0 spiro atoms. The number of hydrogen-bond donors (Lipinski definition) is 2. The van der Waals surface area contributed by atoms with Crippen LogP contribution < -0.4 is 30.5 Å². The summed E-state index contributed by atoms with van der Waals surface area (Å²) >= 11 is 0. The molecule has 0 aliphatic carbocycles. The Morgan fingerprint density at radius 3 is 1.02 bits per heavy atom. The monoisotopic (exact) mass is 744 g/mol. The molecule has 0 aliphatic rings. The maximum Gasteiger partial charge on any atom is 0.240 e. The summed E-state index contributed by atoms with van der Waals surface area (Å²) in [6, 6.07) is 38.5. The Morgan fingerprint density at radius 2 is 0.778 bits per heavy atom. The lowest BCUT2D eigenvalue weighted by atomic mass is 9.94. The average molecular weight is 745 g/mol. The van der Waals surface area contributed by atoms with Crippen LogP contribution in [0.3, 0.4) is 0 Å². The third-order valence-corrected chi connectivity index (χ3v) is 10.4. The molecule has 0 aromatic heterocycles. The molecule has 5 aromatic carbocycles. The van der Waals surface area contributed by atoms with Crippen LogP contribution in [0.4, 0.5) is 28.4 Å². The lowest BCUT2D eigenvalue weighted by molar-refractivity contribution is 0.598. The number of rotatable bonds is 11. The molecular weight excluding hydrogens is 689 g/mol. The number of sulfonamides is 1. The first kappa shape index (κ1) is 41.2. The van der Waals surface area contributed by atoms with Crippen LogP contribution >= 0.6 is 0 Å². The van der Waals surface area contributed by atoms with Crippen LogP contribution in [0.2, 0.25) is 0 Å². The number of allylic oxidation sites excluding steroid dienone is 2. The summed E-state index contributed by atoms with van der Waals surface area (Å²) in [4.78, 5) is 8.54. The van der Waals surface area contributed by atoms with Crippen molar-refractivity contribution in [1.82, 2.24) is 0 Å². The molecule has 0 saturated heterocycles. The Kier molecular flexibility index (Phi) is 13.8. The van der Waals surface area contributed by atoms with Gasteiger partial charge in [-0.15, -0.1) is 0 Å². The first-order valence-corrected chi connectivity index (χ1v) is 19.4. The summed E-state index contributed by atoms with van der Waals surface area (Å²) in [6.45, 7) is 3.62. The molecule has 54 heavy (non-hydrogen) atoms. The van der Waals surface area contributed by atoms with Gasteiger partial charge < -0.3 is 25.3 Å². The summed E-state index contributed by atoms with van der Waals surface area (Å²) in [5.74, 6) is 0. The normalized spacial score (nSPS) is 10.8. The van der Waals surface area contributed by atoms with Crippen molar-refractivity contribution in [1.29, 1.82) is 0 Å². The molecule has 5 aromatic rings. The maximum absolute atomic E-state index is 11.0. The van der Waals surface area contributed by atoms with Gasteiger partial charge in [0.2, 0.25) is 10.0 Å². The van der Waals surface area contributed by atoms with Crippen LogP contribution in [-0.2, 0) is 10.0 Å². The number of benzene rings is 5.